The molecule has 2 aromatic rings. The second kappa shape index (κ2) is 13.2. The van der Waals surface area contributed by atoms with Crippen molar-refractivity contribution in [2.24, 2.45) is 11.3 Å². The zero-order valence-corrected chi connectivity index (χ0v) is 21.5. The maximum Gasteiger partial charge on any atom is 0.407 e. The van der Waals surface area contributed by atoms with Crippen LogP contribution in [-0.4, -0.2) is 21.8 Å². The van der Waals surface area contributed by atoms with Crippen LogP contribution in [-0.2, 0) is 8.85 Å². The third kappa shape index (κ3) is 8.92. The molecule has 2 nitrogen and oxygen atoms in total. The smallest absolute Gasteiger partial charge is 0.388 e. The van der Waals surface area contributed by atoms with Crippen LogP contribution >= 0.6 is 0 Å². The summed E-state index contributed by atoms with van der Waals surface area (Å²) in [5, 5.41) is 2.41. The average Bonchev–Trinajstić information content (AvgIpc) is 2.75. The Morgan fingerprint density at radius 1 is 0.742 bits per heavy atom. The number of rotatable bonds is 14. The number of hydrogen-bond acceptors (Lipinski definition) is 2. The van der Waals surface area contributed by atoms with Gasteiger partial charge in [-0.05, 0) is 34.5 Å². The van der Waals surface area contributed by atoms with E-state index >= 15 is 0 Å². The monoisotopic (exact) mass is 440 g/mol. The van der Waals surface area contributed by atoms with Gasteiger partial charge in [0.15, 0.2) is 0 Å². The molecule has 0 aliphatic rings. The second-order valence-corrected chi connectivity index (χ2v) is 13.1. The van der Waals surface area contributed by atoms with E-state index < -0.39 is 8.56 Å². The fourth-order valence-corrected chi connectivity index (χ4v) is 7.62. The molecule has 0 radical (unpaired) electrons. The Kier molecular flexibility index (Phi) is 11.0. The normalized spacial score (nSPS) is 13.3. The van der Waals surface area contributed by atoms with Gasteiger partial charge in [-0.25, -0.2) is 0 Å². The largest absolute Gasteiger partial charge is 0.407 e. The molecule has 2 aromatic carbocycles. The lowest BCUT2D eigenvalue weighted by atomic mass is 9.86. The zero-order chi connectivity index (χ0) is 22.6. The highest BCUT2D eigenvalue weighted by Gasteiger charge is 2.43. The van der Waals surface area contributed by atoms with Gasteiger partial charge in [0.05, 0.1) is 0 Å². The molecule has 1 atom stereocenters. The van der Waals surface area contributed by atoms with Crippen molar-refractivity contribution >= 4 is 18.9 Å². The summed E-state index contributed by atoms with van der Waals surface area (Å²) in [4.78, 5) is 0. The summed E-state index contributed by atoms with van der Waals surface area (Å²) in [5.41, 5.74) is 0.297. The van der Waals surface area contributed by atoms with Crippen LogP contribution in [0.2, 0.25) is 0 Å². The van der Waals surface area contributed by atoms with Crippen LogP contribution in [0, 0.1) is 11.3 Å². The van der Waals surface area contributed by atoms with Gasteiger partial charge in [0, 0.05) is 13.2 Å². The molecule has 0 N–H and O–H groups in total. The Balaban J connectivity index is 2.20. The van der Waals surface area contributed by atoms with Crippen LogP contribution in [0.15, 0.2) is 60.7 Å². The molecule has 0 aromatic heterocycles. The van der Waals surface area contributed by atoms with Crippen molar-refractivity contribution in [1.29, 1.82) is 0 Å². The van der Waals surface area contributed by atoms with Gasteiger partial charge >= 0.3 is 8.56 Å². The van der Waals surface area contributed by atoms with Gasteiger partial charge in [-0.15, -0.1) is 0 Å². The highest BCUT2D eigenvalue weighted by atomic mass is 28.4. The van der Waals surface area contributed by atoms with Crippen LogP contribution < -0.4 is 10.4 Å². The van der Waals surface area contributed by atoms with Gasteiger partial charge < -0.3 is 8.85 Å². The molecule has 2 rings (SSSR count). The molecule has 0 bridgehead atoms. The van der Waals surface area contributed by atoms with Crippen molar-refractivity contribution in [2.45, 2.75) is 79.6 Å². The molecular weight excluding hydrogens is 396 g/mol. The lowest BCUT2D eigenvalue weighted by molar-refractivity contribution is 0.148. The third-order valence-corrected chi connectivity index (χ3v) is 9.01. The van der Waals surface area contributed by atoms with E-state index in [1.165, 1.54) is 42.5 Å². The van der Waals surface area contributed by atoms with Crippen LogP contribution in [0.5, 0.6) is 0 Å². The lowest BCUT2D eigenvalue weighted by Gasteiger charge is -2.33. The minimum absolute atomic E-state index is 0.297. The molecule has 0 amide bonds. The summed E-state index contributed by atoms with van der Waals surface area (Å²) in [6.07, 6.45) is 8.71. The second-order valence-electron chi connectivity index (χ2n) is 10.1. The van der Waals surface area contributed by atoms with Crippen LogP contribution in [0.4, 0.5) is 0 Å². The van der Waals surface area contributed by atoms with Gasteiger partial charge in [-0.2, -0.15) is 0 Å². The highest BCUT2D eigenvalue weighted by Crippen LogP contribution is 2.25. The molecule has 3 heteroatoms. The van der Waals surface area contributed by atoms with Crippen molar-refractivity contribution in [2.75, 3.05) is 13.2 Å². The molecule has 1 unspecified atom stereocenters. The van der Waals surface area contributed by atoms with Crippen molar-refractivity contribution in [3.8, 4) is 0 Å². The van der Waals surface area contributed by atoms with Crippen LogP contribution in [0.25, 0.3) is 0 Å². The molecule has 0 aliphatic carbocycles. The molecule has 0 saturated heterocycles. The van der Waals surface area contributed by atoms with Crippen LogP contribution in [0.1, 0.15) is 79.6 Å². The van der Waals surface area contributed by atoms with Crippen molar-refractivity contribution in [1.82, 2.24) is 0 Å². The summed E-state index contributed by atoms with van der Waals surface area (Å²) in [5.74, 6) is 0.483. The first-order chi connectivity index (χ1) is 14.9. The minimum Gasteiger partial charge on any atom is -0.388 e. The van der Waals surface area contributed by atoms with Gasteiger partial charge in [-0.1, -0.05) is 127 Å². The van der Waals surface area contributed by atoms with E-state index in [1.807, 2.05) is 0 Å². The Morgan fingerprint density at radius 2 is 1.26 bits per heavy atom. The third-order valence-electron chi connectivity index (χ3n) is 5.64. The van der Waals surface area contributed by atoms with E-state index in [9.17, 15) is 0 Å². The Morgan fingerprint density at radius 3 is 1.77 bits per heavy atom. The summed E-state index contributed by atoms with van der Waals surface area (Å²) in [6, 6.07) is 21.3. The first kappa shape index (κ1) is 25.8. The molecule has 0 spiro atoms. The van der Waals surface area contributed by atoms with Crippen molar-refractivity contribution < 1.29 is 8.85 Å². The molecule has 172 valence electrons. The first-order valence-corrected chi connectivity index (χ1v) is 14.1. The topological polar surface area (TPSA) is 18.5 Å². The van der Waals surface area contributed by atoms with E-state index in [1.54, 1.807) is 0 Å². The standard InChI is InChI=1S/C28H44O2Si/c1-6-7-8-9-10-17-22-29-31(26-18-13-11-14-19-26,27-20-15-12-16-21-27)30-24-25(2)23-28(3,4)5/h11-16,18-21,25H,6-10,17,22-24H2,1-5H3. The summed E-state index contributed by atoms with van der Waals surface area (Å²) < 4.78 is 13.7. The summed E-state index contributed by atoms with van der Waals surface area (Å²) in [6.45, 7) is 13.0. The maximum atomic E-state index is 6.87. The first-order valence-electron chi connectivity index (χ1n) is 12.3. The molecule has 31 heavy (non-hydrogen) atoms. The van der Waals surface area contributed by atoms with E-state index in [4.69, 9.17) is 8.85 Å². The predicted octanol–water partition coefficient (Wildman–Crippen LogP) is 6.71. The van der Waals surface area contributed by atoms with Crippen LogP contribution in [0.3, 0.4) is 0 Å². The summed E-state index contributed by atoms with van der Waals surface area (Å²) in [7, 11) is -2.76. The molecular formula is C28H44O2Si. The van der Waals surface area contributed by atoms with E-state index in [2.05, 4.69) is 95.3 Å². The quantitative estimate of drug-likeness (QED) is 0.240. The van der Waals surface area contributed by atoms with E-state index in [-0.39, 0.29) is 0 Å². The average molecular weight is 441 g/mol. The van der Waals surface area contributed by atoms with Gasteiger partial charge in [-0.3, -0.25) is 0 Å². The maximum absolute atomic E-state index is 6.87. The van der Waals surface area contributed by atoms with Crippen molar-refractivity contribution in [3.05, 3.63) is 60.7 Å². The predicted molar refractivity (Wildman–Crippen MR) is 136 cm³/mol. The lowest BCUT2D eigenvalue weighted by Crippen LogP contribution is -2.64. The number of benzene rings is 2. The van der Waals surface area contributed by atoms with E-state index in [0.29, 0.717) is 11.3 Å². The van der Waals surface area contributed by atoms with Gasteiger partial charge in [0.25, 0.3) is 0 Å². The van der Waals surface area contributed by atoms with Crippen molar-refractivity contribution in [3.63, 3.8) is 0 Å². The Labute approximate surface area is 192 Å². The molecule has 0 aliphatic heterocycles. The Hall–Kier alpha value is -1.42. The Bertz CT molecular complexity index is 669. The minimum atomic E-state index is -2.76. The molecule has 0 fully saturated rings. The zero-order valence-electron chi connectivity index (χ0n) is 20.5. The fourth-order valence-electron chi connectivity index (χ4n) is 4.32. The summed E-state index contributed by atoms with van der Waals surface area (Å²) >= 11 is 0. The van der Waals surface area contributed by atoms with Gasteiger partial charge in [0.2, 0.25) is 0 Å². The van der Waals surface area contributed by atoms with E-state index in [0.717, 1.165) is 26.1 Å². The highest BCUT2D eigenvalue weighted by molar-refractivity contribution is 6.92. The molecule has 0 saturated carbocycles. The van der Waals surface area contributed by atoms with Gasteiger partial charge in [0.1, 0.15) is 0 Å². The molecule has 0 heterocycles. The number of unbranched alkanes of at least 4 members (excludes halogenated alkanes) is 5. The SMILES string of the molecule is CCCCCCCCO[Si](OCC(C)CC(C)(C)C)(c1ccccc1)c1ccccc1. The fraction of sp³-hybridized carbons (Fsp3) is 0.571. The number of hydrogen-bond donors (Lipinski definition) is 0.